The molecule has 0 spiro atoms. The van der Waals surface area contributed by atoms with Crippen molar-refractivity contribution < 1.29 is 4.52 Å². The molecule has 23 heavy (non-hydrogen) atoms. The molecule has 1 aliphatic rings. The summed E-state index contributed by atoms with van der Waals surface area (Å²) < 4.78 is 5.53. The van der Waals surface area contributed by atoms with E-state index in [0.717, 1.165) is 36.5 Å². The number of rotatable bonds is 3. The van der Waals surface area contributed by atoms with E-state index in [0.29, 0.717) is 12.3 Å². The second-order valence-corrected chi connectivity index (χ2v) is 6.26. The van der Waals surface area contributed by atoms with Gasteiger partial charge in [-0.2, -0.15) is 20.4 Å². The van der Waals surface area contributed by atoms with E-state index in [1.165, 1.54) is 16.7 Å². The first-order valence-corrected chi connectivity index (χ1v) is 7.99. The highest BCUT2D eigenvalue weighted by Gasteiger charge is 2.30. The van der Waals surface area contributed by atoms with E-state index in [9.17, 15) is 0 Å². The number of H-pyrrole nitrogens is 1. The lowest BCUT2D eigenvalue weighted by molar-refractivity contribution is 0.348. The van der Waals surface area contributed by atoms with Crippen LogP contribution in [0.3, 0.4) is 0 Å². The van der Waals surface area contributed by atoms with Crippen molar-refractivity contribution in [2.75, 3.05) is 0 Å². The smallest absolute Gasteiger partial charge is 0.235 e. The molecule has 1 unspecified atom stereocenters. The van der Waals surface area contributed by atoms with Crippen molar-refractivity contribution in [3.63, 3.8) is 0 Å². The first-order chi connectivity index (χ1) is 11.2. The minimum atomic E-state index is 0.0670. The van der Waals surface area contributed by atoms with E-state index in [1.807, 2.05) is 0 Å². The van der Waals surface area contributed by atoms with Gasteiger partial charge in [-0.15, -0.1) is 0 Å². The van der Waals surface area contributed by atoms with Crippen LogP contribution in [0.2, 0.25) is 0 Å². The Hall–Kier alpha value is -2.50. The maximum Gasteiger partial charge on any atom is 0.235 e. The molecular weight excluding hydrogens is 290 g/mol. The molecule has 6 nitrogen and oxygen atoms in total. The van der Waals surface area contributed by atoms with Crippen LogP contribution < -0.4 is 0 Å². The molecule has 0 saturated heterocycles. The van der Waals surface area contributed by atoms with Gasteiger partial charge >= 0.3 is 0 Å². The summed E-state index contributed by atoms with van der Waals surface area (Å²) in [7, 11) is 0. The Kier molecular flexibility index (Phi) is 3.44. The highest BCUT2D eigenvalue weighted by Crippen LogP contribution is 2.33. The summed E-state index contributed by atoms with van der Waals surface area (Å²) in [5.41, 5.74) is 5.71. The van der Waals surface area contributed by atoms with E-state index in [1.54, 1.807) is 0 Å². The van der Waals surface area contributed by atoms with Crippen molar-refractivity contribution in [3.8, 4) is 0 Å². The summed E-state index contributed by atoms with van der Waals surface area (Å²) in [6.45, 7) is 4.21. The Balaban J connectivity index is 1.60. The van der Waals surface area contributed by atoms with Gasteiger partial charge in [0.2, 0.25) is 5.89 Å². The van der Waals surface area contributed by atoms with Crippen molar-refractivity contribution in [2.24, 2.45) is 0 Å². The summed E-state index contributed by atoms with van der Waals surface area (Å²) in [4.78, 5) is 4.62. The van der Waals surface area contributed by atoms with E-state index >= 15 is 0 Å². The molecule has 0 bridgehead atoms. The fourth-order valence-corrected chi connectivity index (χ4v) is 3.22. The van der Waals surface area contributed by atoms with Gasteiger partial charge in [0.05, 0.1) is 17.3 Å². The topological polar surface area (TPSA) is 80.5 Å². The average molecular weight is 309 g/mol. The molecular formula is C17H19N5O. The Morgan fingerprint density at radius 2 is 2.17 bits per heavy atom. The van der Waals surface area contributed by atoms with Crippen LogP contribution in [0.4, 0.5) is 0 Å². The van der Waals surface area contributed by atoms with Gasteiger partial charge in [0.15, 0.2) is 5.82 Å². The highest BCUT2D eigenvalue weighted by atomic mass is 16.5. The number of aryl methyl sites for hydroxylation is 3. The van der Waals surface area contributed by atoms with Crippen LogP contribution in [0.25, 0.3) is 0 Å². The van der Waals surface area contributed by atoms with Gasteiger partial charge in [-0.25, -0.2) is 0 Å². The zero-order chi connectivity index (χ0) is 15.8. The number of hydrogen-bond donors (Lipinski definition) is 1. The molecule has 0 saturated carbocycles. The van der Waals surface area contributed by atoms with E-state index < -0.39 is 0 Å². The molecule has 1 aromatic carbocycles. The monoisotopic (exact) mass is 309 g/mol. The SMILES string of the molecule is Cc1ccc(C)c(Cc2noc(C3CCCc4n[nH]nc43)n2)c1. The minimum Gasteiger partial charge on any atom is -0.339 e. The van der Waals surface area contributed by atoms with Crippen molar-refractivity contribution in [1.82, 2.24) is 25.6 Å². The van der Waals surface area contributed by atoms with Crippen LogP contribution in [-0.4, -0.2) is 25.6 Å². The lowest BCUT2D eigenvalue weighted by Crippen LogP contribution is -2.11. The van der Waals surface area contributed by atoms with Crippen molar-refractivity contribution >= 4 is 0 Å². The zero-order valence-electron chi connectivity index (χ0n) is 13.3. The number of benzene rings is 1. The molecule has 1 N–H and O–H groups in total. The molecule has 0 amide bonds. The van der Waals surface area contributed by atoms with Gasteiger partial charge in [-0.05, 0) is 44.2 Å². The maximum atomic E-state index is 5.53. The average Bonchev–Trinajstić information content (AvgIpc) is 3.19. The zero-order valence-corrected chi connectivity index (χ0v) is 13.3. The van der Waals surface area contributed by atoms with Gasteiger partial charge in [-0.1, -0.05) is 28.9 Å². The molecule has 0 radical (unpaired) electrons. The van der Waals surface area contributed by atoms with Crippen LogP contribution in [0.15, 0.2) is 22.7 Å². The second kappa shape index (κ2) is 5.61. The predicted molar refractivity (Wildman–Crippen MR) is 84.2 cm³/mol. The molecule has 2 aromatic heterocycles. The number of fused-ring (bicyclic) bond motifs is 1. The molecule has 4 rings (SSSR count). The van der Waals surface area contributed by atoms with Gasteiger partial charge < -0.3 is 4.52 Å². The first-order valence-electron chi connectivity index (χ1n) is 7.99. The molecule has 3 aromatic rings. The largest absolute Gasteiger partial charge is 0.339 e. The van der Waals surface area contributed by atoms with Crippen LogP contribution in [0.5, 0.6) is 0 Å². The Bertz CT molecular complexity index is 835. The fourth-order valence-electron chi connectivity index (χ4n) is 3.22. The number of nitrogens with one attached hydrogen (secondary N) is 1. The summed E-state index contributed by atoms with van der Waals surface area (Å²) in [6, 6.07) is 6.44. The van der Waals surface area contributed by atoms with E-state index in [4.69, 9.17) is 4.52 Å². The Morgan fingerprint density at radius 1 is 1.26 bits per heavy atom. The maximum absolute atomic E-state index is 5.53. The summed E-state index contributed by atoms with van der Waals surface area (Å²) >= 11 is 0. The van der Waals surface area contributed by atoms with Crippen LogP contribution >= 0.6 is 0 Å². The lowest BCUT2D eigenvalue weighted by Gasteiger charge is -2.15. The molecule has 0 fully saturated rings. The van der Waals surface area contributed by atoms with Gasteiger partial charge in [0, 0.05) is 6.42 Å². The standard InChI is InChI=1S/C17H19N5O/c1-10-6-7-11(2)12(8-10)9-15-18-17(23-21-15)13-4-3-5-14-16(13)20-22-19-14/h6-8,13H,3-5,9H2,1-2H3,(H,19,20,22). The van der Waals surface area contributed by atoms with Crippen LogP contribution in [0, 0.1) is 13.8 Å². The van der Waals surface area contributed by atoms with Crippen LogP contribution in [-0.2, 0) is 12.8 Å². The minimum absolute atomic E-state index is 0.0670. The molecule has 1 aliphatic carbocycles. The quantitative estimate of drug-likeness (QED) is 0.804. The highest BCUT2D eigenvalue weighted by molar-refractivity contribution is 5.32. The third kappa shape index (κ3) is 2.65. The number of nitrogens with zero attached hydrogens (tertiary/aromatic N) is 4. The number of aromatic nitrogens is 5. The van der Waals surface area contributed by atoms with Gasteiger partial charge in [-0.3, -0.25) is 0 Å². The molecule has 118 valence electrons. The lowest BCUT2D eigenvalue weighted by atomic mass is 9.90. The Morgan fingerprint density at radius 3 is 3.09 bits per heavy atom. The fraction of sp³-hybridized carbons (Fsp3) is 0.412. The van der Waals surface area contributed by atoms with Crippen molar-refractivity contribution in [3.05, 3.63) is 58.0 Å². The summed E-state index contributed by atoms with van der Waals surface area (Å²) in [5, 5.41) is 15.4. The molecule has 6 heteroatoms. The number of hydrogen-bond acceptors (Lipinski definition) is 5. The third-order valence-electron chi connectivity index (χ3n) is 4.52. The molecule has 0 aliphatic heterocycles. The second-order valence-electron chi connectivity index (χ2n) is 6.26. The normalized spacial score (nSPS) is 17.2. The van der Waals surface area contributed by atoms with Crippen LogP contribution in [0.1, 0.15) is 58.6 Å². The molecule has 1 atom stereocenters. The Labute approximate surface area is 134 Å². The summed E-state index contributed by atoms with van der Waals surface area (Å²) in [6.07, 6.45) is 3.70. The number of aromatic amines is 1. The van der Waals surface area contributed by atoms with Gasteiger partial charge in [0.25, 0.3) is 0 Å². The first kappa shape index (κ1) is 14.1. The third-order valence-corrected chi connectivity index (χ3v) is 4.52. The van der Waals surface area contributed by atoms with E-state index in [2.05, 4.69) is 57.6 Å². The van der Waals surface area contributed by atoms with E-state index in [-0.39, 0.29) is 5.92 Å². The summed E-state index contributed by atoms with van der Waals surface area (Å²) in [5.74, 6) is 1.45. The van der Waals surface area contributed by atoms with Crippen molar-refractivity contribution in [1.29, 1.82) is 0 Å². The molecule has 2 heterocycles. The van der Waals surface area contributed by atoms with Gasteiger partial charge in [0.1, 0.15) is 0 Å². The van der Waals surface area contributed by atoms with Crippen molar-refractivity contribution in [2.45, 2.75) is 45.4 Å². The predicted octanol–water partition coefficient (Wildman–Crippen LogP) is 2.86.